The lowest BCUT2D eigenvalue weighted by Crippen LogP contribution is -2.33. The van der Waals surface area contributed by atoms with Crippen molar-refractivity contribution >= 4 is 0 Å². The molecule has 4 nitrogen and oxygen atoms in total. The van der Waals surface area contributed by atoms with E-state index < -0.39 is 0 Å². The first-order valence-electron chi connectivity index (χ1n) is 5.75. The minimum absolute atomic E-state index is 0.0526. The number of methoxy groups -OCH3 is 1. The highest BCUT2D eigenvalue weighted by molar-refractivity contribution is 5.46. The standard InChI is InChI=1S/C13H16N2O2/c1-16-13-7-9(8-14)5-6-12(13)17-11-4-2-3-10(11)15/h5-7,10-11H,2-4,15H2,1H3. The van der Waals surface area contributed by atoms with Crippen molar-refractivity contribution in [3.05, 3.63) is 23.8 Å². The molecule has 0 aromatic heterocycles. The summed E-state index contributed by atoms with van der Waals surface area (Å²) in [4.78, 5) is 0. The second kappa shape index (κ2) is 5.07. The van der Waals surface area contributed by atoms with Gasteiger partial charge in [-0.2, -0.15) is 5.26 Å². The lowest BCUT2D eigenvalue weighted by Gasteiger charge is -2.19. The summed E-state index contributed by atoms with van der Waals surface area (Å²) >= 11 is 0. The van der Waals surface area contributed by atoms with Crippen LogP contribution in [0.15, 0.2) is 18.2 Å². The van der Waals surface area contributed by atoms with E-state index in [0.29, 0.717) is 17.1 Å². The Morgan fingerprint density at radius 3 is 2.76 bits per heavy atom. The summed E-state index contributed by atoms with van der Waals surface area (Å²) in [6.45, 7) is 0. The van der Waals surface area contributed by atoms with Gasteiger partial charge in [0.2, 0.25) is 0 Å². The molecular weight excluding hydrogens is 216 g/mol. The first-order valence-corrected chi connectivity index (χ1v) is 5.75. The Kier molecular flexibility index (Phi) is 3.50. The van der Waals surface area contributed by atoms with Gasteiger partial charge in [-0.25, -0.2) is 0 Å². The quantitative estimate of drug-likeness (QED) is 0.863. The molecule has 1 aromatic rings. The summed E-state index contributed by atoms with van der Waals surface area (Å²) in [5, 5.41) is 8.81. The summed E-state index contributed by atoms with van der Waals surface area (Å²) in [7, 11) is 1.57. The van der Waals surface area contributed by atoms with Crippen LogP contribution in [0.1, 0.15) is 24.8 Å². The minimum Gasteiger partial charge on any atom is -0.493 e. The molecule has 2 atom stereocenters. The lowest BCUT2D eigenvalue weighted by atomic mass is 10.2. The van der Waals surface area contributed by atoms with Crippen LogP contribution in [-0.2, 0) is 0 Å². The van der Waals surface area contributed by atoms with Crippen molar-refractivity contribution in [2.75, 3.05) is 7.11 Å². The molecule has 0 amide bonds. The fraction of sp³-hybridized carbons (Fsp3) is 0.462. The Labute approximate surface area is 101 Å². The van der Waals surface area contributed by atoms with Crippen molar-refractivity contribution in [2.45, 2.75) is 31.4 Å². The van der Waals surface area contributed by atoms with E-state index in [-0.39, 0.29) is 12.1 Å². The smallest absolute Gasteiger partial charge is 0.162 e. The van der Waals surface area contributed by atoms with Gasteiger partial charge in [0.05, 0.1) is 18.7 Å². The van der Waals surface area contributed by atoms with Crippen LogP contribution in [0.25, 0.3) is 0 Å². The molecule has 1 fully saturated rings. The molecule has 17 heavy (non-hydrogen) atoms. The third-order valence-corrected chi connectivity index (χ3v) is 3.07. The number of ether oxygens (including phenoxy) is 2. The van der Waals surface area contributed by atoms with Gasteiger partial charge in [0.15, 0.2) is 11.5 Å². The zero-order valence-electron chi connectivity index (χ0n) is 9.85. The maximum atomic E-state index is 8.81. The Morgan fingerprint density at radius 1 is 1.35 bits per heavy atom. The predicted molar refractivity (Wildman–Crippen MR) is 64.0 cm³/mol. The van der Waals surface area contributed by atoms with Crippen LogP contribution in [0.3, 0.4) is 0 Å². The zero-order valence-corrected chi connectivity index (χ0v) is 9.85. The highest BCUT2D eigenvalue weighted by atomic mass is 16.5. The molecule has 0 radical (unpaired) electrons. The second-order valence-electron chi connectivity index (χ2n) is 4.23. The molecule has 2 rings (SSSR count). The maximum Gasteiger partial charge on any atom is 0.162 e. The molecule has 0 spiro atoms. The maximum absolute atomic E-state index is 8.81. The van der Waals surface area contributed by atoms with Gasteiger partial charge in [0, 0.05) is 12.1 Å². The molecule has 2 unspecified atom stereocenters. The van der Waals surface area contributed by atoms with E-state index in [9.17, 15) is 0 Å². The number of nitrogens with two attached hydrogens (primary N) is 1. The Bertz CT molecular complexity index is 440. The average Bonchev–Trinajstić information content (AvgIpc) is 2.75. The Balaban J connectivity index is 2.18. The van der Waals surface area contributed by atoms with E-state index >= 15 is 0 Å². The van der Waals surface area contributed by atoms with Crippen molar-refractivity contribution in [1.82, 2.24) is 0 Å². The van der Waals surface area contributed by atoms with Gasteiger partial charge in [-0.05, 0) is 31.4 Å². The summed E-state index contributed by atoms with van der Waals surface area (Å²) in [6, 6.07) is 7.33. The molecule has 90 valence electrons. The molecule has 1 saturated carbocycles. The van der Waals surface area contributed by atoms with E-state index in [1.165, 1.54) is 0 Å². The molecule has 0 bridgehead atoms. The van der Waals surface area contributed by atoms with Crippen molar-refractivity contribution in [3.63, 3.8) is 0 Å². The highest BCUT2D eigenvalue weighted by Crippen LogP contribution is 2.31. The van der Waals surface area contributed by atoms with Crippen LogP contribution >= 0.6 is 0 Å². The molecule has 4 heteroatoms. The van der Waals surface area contributed by atoms with E-state index in [2.05, 4.69) is 6.07 Å². The normalized spacial score (nSPS) is 23.1. The number of nitriles is 1. The largest absolute Gasteiger partial charge is 0.493 e. The van der Waals surface area contributed by atoms with Crippen LogP contribution in [-0.4, -0.2) is 19.3 Å². The fourth-order valence-corrected chi connectivity index (χ4v) is 2.10. The molecule has 1 aromatic carbocycles. The predicted octanol–water partition coefficient (Wildman–Crippen LogP) is 1.83. The number of hydrogen-bond donors (Lipinski definition) is 1. The van der Waals surface area contributed by atoms with Gasteiger partial charge >= 0.3 is 0 Å². The average molecular weight is 232 g/mol. The van der Waals surface area contributed by atoms with Crippen molar-refractivity contribution < 1.29 is 9.47 Å². The van der Waals surface area contributed by atoms with Crippen LogP contribution < -0.4 is 15.2 Å². The molecular formula is C13H16N2O2. The summed E-state index contributed by atoms with van der Waals surface area (Å²) < 4.78 is 11.1. The zero-order chi connectivity index (χ0) is 12.3. The lowest BCUT2D eigenvalue weighted by molar-refractivity contribution is 0.184. The number of nitrogens with zero attached hydrogens (tertiary/aromatic N) is 1. The SMILES string of the molecule is COc1cc(C#N)ccc1OC1CCCC1N. The third-order valence-electron chi connectivity index (χ3n) is 3.07. The number of hydrogen-bond acceptors (Lipinski definition) is 4. The van der Waals surface area contributed by atoms with Gasteiger partial charge in [0.1, 0.15) is 6.10 Å². The van der Waals surface area contributed by atoms with Gasteiger partial charge < -0.3 is 15.2 Å². The monoisotopic (exact) mass is 232 g/mol. The van der Waals surface area contributed by atoms with Crippen LogP contribution in [0.2, 0.25) is 0 Å². The molecule has 2 N–H and O–H groups in total. The fourth-order valence-electron chi connectivity index (χ4n) is 2.10. The first kappa shape index (κ1) is 11.7. The van der Waals surface area contributed by atoms with Crippen molar-refractivity contribution in [2.24, 2.45) is 5.73 Å². The summed E-state index contributed by atoms with van der Waals surface area (Å²) in [5.41, 5.74) is 6.52. The highest BCUT2D eigenvalue weighted by Gasteiger charge is 2.26. The summed E-state index contributed by atoms with van der Waals surface area (Å²) in [6.07, 6.45) is 3.13. The Morgan fingerprint density at radius 2 is 2.18 bits per heavy atom. The van der Waals surface area contributed by atoms with E-state index in [1.807, 2.05) is 0 Å². The van der Waals surface area contributed by atoms with Crippen molar-refractivity contribution in [1.29, 1.82) is 5.26 Å². The topological polar surface area (TPSA) is 68.3 Å². The minimum atomic E-state index is 0.0526. The number of rotatable bonds is 3. The molecule has 1 aliphatic carbocycles. The third kappa shape index (κ3) is 2.51. The molecule has 0 saturated heterocycles. The molecule has 0 aliphatic heterocycles. The second-order valence-corrected chi connectivity index (χ2v) is 4.23. The number of benzene rings is 1. The van der Waals surface area contributed by atoms with Crippen LogP contribution in [0.5, 0.6) is 11.5 Å². The van der Waals surface area contributed by atoms with Gasteiger partial charge in [-0.3, -0.25) is 0 Å². The molecule has 0 heterocycles. The first-order chi connectivity index (χ1) is 8.24. The van der Waals surface area contributed by atoms with Crippen LogP contribution in [0, 0.1) is 11.3 Å². The van der Waals surface area contributed by atoms with E-state index in [0.717, 1.165) is 19.3 Å². The van der Waals surface area contributed by atoms with Gasteiger partial charge in [-0.15, -0.1) is 0 Å². The Hall–Kier alpha value is -1.73. The van der Waals surface area contributed by atoms with Crippen LogP contribution in [0.4, 0.5) is 0 Å². The van der Waals surface area contributed by atoms with E-state index in [4.69, 9.17) is 20.5 Å². The van der Waals surface area contributed by atoms with E-state index in [1.54, 1.807) is 25.3 Å². The molecule has 1 aliphatic rings. The summed E-state index contributed by atoms with van der Waals surface area (Å²) in [5.74, 6) is 1.25. The van der Waals surface area contributed by atoms with Gasteiger partial charge in [-0.1, -0.05) is 0 Å². The van der Waals surface area contributed by atoms with Crippen molar-refractivity contribution in [3.8, 4) is 17.6 Å². The van der Waals surface area contributed by atoms with Gasteiger partial charge in [0.25, 0.3) is 0 Å².